The number of hydrogen-bond acceptors (Lipinski definition) is 4. The molecule has 4 rings (SSSR count). The van der Waals surface area contributed by atoms with Crippen LogP contribution in [0.2, 0.25) is 0 Å². The van der Waals surface area contributed by atoms with Gasteiger partial charge in [0, 0.05) is 25.3 Å². The Kier molecular flexibility index (Phi) is 7.21. The number of rotatable bonds is 5. The van der Waals surface area contributed by atoms with Crippen LogP contribution < -0.4 is 4.90 Å². The topological polar surface area (TPSA) is 31.2 Å². The minimum atomic E-state index is 0.412. The van der Waals surface area contributed by atoms with Gasteiger partial charge >= 0.3 is 0 Å². The van der Waals surface area contributed by atoms with Gasteiger partial charge in [0.2, 0.25) is 0 Å². The van der Waals surface area contributed by atoms with Gasteiger partial charge in [-0.1, -0.05) is 43.7 Å². The Hall–Kier alpha value is -2.72. The van der Waals surface area contributed by atoms with E-state index >= 15 is 0 Å². The third-order valence-corrected chi connectivity index (χ3v) is 6.17. The lowest BCUT2D eigenvalue weighted by Gasteiger charge is -2.34. The predicted octanol–water partition coefficient (Wildman–Crippen LogP) is 5.73. The number of nitrogens with zero attached hydrogens (tertiary/aromatic N) is 4. The van der Waals surface area contributed by atoms with Gasteiger partial charge in [-0.3, -0.25) is 4.99 Å². The lowest BCUT2D eigenvalue weighted by atomic mass is 10.0. The van der Waals surface area contributed by atoms with Crippen LogP contribution in [0.4, 0.5) is 5.69 Å². The van der Waals surface area contributed by atoms with Crippen LogP contribution in [0, 0.1) is 12.8 Å². The van der Waals surface area contributed by atoms with Gasteiger partial charge in [0.25, 0.3) is 0 Å². The van der Waals surface area contributed by atoms with Crippen molar-refractivity contribution in [1.29, 1.82) is 0 Å². The van der Waals surface area contributed by atoms with E-state index in [1.807, 2.05) is 13.0 Å². The summed E-state index contributed by atoms with van der Waals surface area (Å²) < 4.78 is 0. The second-order valence-electron chi connectivity index (χ2n) is 9.45. The molecule has 4 heteroatoms. The van der Waals surface area contributed by atoms with Gasteiger partial charge in [-0.05, 0) is 69.0 Å². The quantitative estimate of drug-likeness (QED) is 0.561. The molecule has 0 N–H and O–H groups in total. The van der Waals surface area contributed by atoms with E-state index in [2.05, 4.69) is 85.2 Å². The molecule has 0 unspecified atom stereocenters. The molecule has 4 nitrogen and oxygen atoms in total. The van der Waals surface area contributed by atoms with Crippen molar-refractivity contribution < 1.29 is 0 Å². The van der Waals surface area contributed by atoms with Gasteiger partial charge in [0.15, 0.2) is 0 Å². The maximum Gasteiger partial charge on any atom is 0.0872 e. The molecule has 1 saturated heterocycles. The molecule has 0 spiro atoms. The largest absolute Gasteiger partial charge is 0.334 e. The van der Waals surface area contributed by atoms with Gasteiger partial charge < -0.3 is 9.80 Å². The Bertz CT molecular complexity index is 981. The molecular weight excluding hydrogens is 392 g/mol. The fourth-order valence-corrected chi connectivity index (χ4v) is 4.55. The van der Waals surface area contributed by atoms with E-state index in [1.54, 1.807) is 0 Å². The highest BCUT2D eigenvalue weighted by Crippen LogP contribution is 2.29. The highest BCUT2D eigenvalue weighted by atomic mass is 15.2. The standard InChI is InChI=1S/C28H36N4/c1-5-6-7-25-20-32(26-11-8-22(4)9-12-26)28-18-24(10-13-27(28)30-25)29-23-14-16-31(17-15-23)19-21(2)3/h5-13,18,21,23H,14-17,19-20H2,1-4H3/b6-5-,25-7+,29-24?. The summed E-state index contributed by atoms with van der Waals surface area (Å²) in [5, 5.41) is 0. The van der Waals surface area contributed by atoms with Crippen molar-refractivity contribution >= 4 is 17.1 Å². The van der Waals surface area contributed by atoms with Gasteiger partial charge in [-0.25, -0.2) is 4.99 Å². The average molecular weight is 429 g/mol. The van der Waals surface area contributed by atoms with Crippen molar-refractivity contribution in [3.63, 3.8) is 0 Å². The summed E-state index contributed by atoms with van der Waals surface area (Å²) in [4.78, 5) is 15.0. The van der Waals surface area contributed by atoms with Crippen molar-refractivity contribution in [3.05, 3.63) is 77.7 Å². The maximum atomic E-state index is 5.13. The van der Waals surface area contributed by atoms with Gasteiger partial charge in [0.1, 0.15) is 0 Å². The second-order valence-corrected chi connectivity index (χ2v) is 9.45. The maximum absolute atomic E-state index is 5.13. The van der Waals surface area contributed by atoms with Crippen LogP contribution >= 0.6 is 0 Å². The van der Waals surface area contributed by atoms with E-state index in [-0.39, 0.29) is 0 Å². The summed E-state index contributed by atoms with van der Waals surface area (Å²) in [5.74, 6) is 0.729. The molecule has 0 radical (unpaired) electrons. The Morgan fingerprint density at radius 3 is 2.56 bits per heavy atom. The van der Waals surface area contributed by atoms with E-state index < -0.39 is 0 Å². The highest BCUT2D eigenvalue weighted by Gasteiger charge is 2.25. The number of piperidine rings is 1. The Labute approximate surface area is 193 Å². The molecule has 2 heterocycles. The molecule has 1 aliphatic carbocycles. The first kappa shape index (κ1) is 22.5. The van der Waals surface area contributed by atoms with Crippen molar-refractivity contribution in [3.8, 4) is 0 Å². The number of allylic oxidation sites excluding steroid dienone is 6. The zero-order valence-electron chi connectivity index (χ0n) is 20.0. The zero-order valence-corrected chi connectivity index (χ0v) is 20.0. The van der Waals surface area contributed by atoms with Crippen molar-refractivity contribution in [2.45, 2.75) is 46.6 Å². The second kappa shape index (κ2) is 10.3. The van der Waals surface area contributed by atoms with Crippen molar-refractivity contribution in [2.24, 2.45) is 15.9 Å². The lowest BCUT2D eigenvalue weighted by Crippen LogP contribution is -2.38. The minimum absolute atomic E-state index is 0.412. The van der Waals surface area contributed by atoms with Crippen molar-refractivity contribution in [1.82, 2.24) is 4.90 Å². The van der Waals surface area contributed by atoms with E-state index in [9.17, 15) is 0 Å². The molecule has 1 aromatic rings. The average Bonchev–Trinajstić information content (AvgIpc) is 2.79. The van der Waals surface area contributed by atoms with Gasteiger partial charge in [0.05, 0.1) is 35.4 Å². The molecule has 168 valence electrons. The van der Waals surface area contributed by atoms with Gasteiger partial charge in [-0.15, -0.1) is 0 Å². The fraction of sp³-hybridized carbons (Fsp3) is 0.429. The first-order valence-corrected chi connectivity index (χ1v) is 12.0. The molecule has 0 atom stereocenters. The first-order valence-electron chi connectivity index (χ1n) is 12.0. The summed E-state index contributed by atoms with van der Waals surface area (Å²) in [6.45, 7) is 13.0. The van der Waals surface area contributed by atoms with Crippen LogP contribution in [-0.4, -0.2) is 48.5 Å². The number of likely N-dealkylation sites (tertiary alicyclic amines) is 1. The monoisotopic (exact) mass is 428 g/mol. The summed E-state index contributed by atoms with van der Waals surface area (Å²) in [6.07, 6.45) is 15.0. The number of aliphatic imine (C=N–C) groups is 2. The molecule has 2 aliphatic heterocycles. The van der Waals surface area contributed by atoms with E-state index in [0.717, 1.165) is 61.2 Å². The Morgan fingerprint density at radius 2 is 1.88 bits per heavy atom. The van der Waals surface area contributed by atoms with E-state index in [1.165, 1.54) is 17.8 Å². The summed E-state index contributed by atoms with van der Waals surface area (Å²) >= 11 is 0. The Morgan fingerprint density at radius 1 is 1.12 bits per heavy atom. The third-order valence-electron chi connectivity index (χ3n) is 6.17. The molecule has 1 fully saturated rings. The van der Waals surface area contributed by atoms with Crippen LogP contribution in [0.15, 0.2) is 82.1 Å². The Balaban J connectivity index is 1.58. The summed E-state index contributed by atoms with van der Waals surface area (Å²) in [7, 11) is 0. The SMILES string of the molecule is C/C=C\C=C1/CN(c2ccc(C)cc2)C2=CC(=NC3CCN(CC(C)C)CC3)C=CC2=N1. The molecule has 1 aromatic carbocycles. The summed E-state index contributed by atoms with van der Waals surface area (Å²) in [6, 6.07) is 9.16. The molecule has 3 aliphatic rings. The van der Waals surface area contributed by atoms with Crippen LogP contribution in [-0.2, 0) is 0 Å². The molecule has 32 heavy (non-hydrogen) atoms. The number of fused-ring (bicyclic) bond motifs is 1. The fourth-order valence-electron chi connectivity index (χ4n) is 4.55. The van der Waals surface area contributed by atoms with Crippen LogP contribution in [0.5, 0.6) is 0 Å². The van der Waals surface area contributed by atoms with E-state index in [0.29, 0.717) is 6.04 Å². The van der Waals surface area contributed by atoms with Crippen LogP contribution in [0.1, 0.15) is 39.2 Å². The number of anilines is 1. The number of aryl methyl sites for hydroxylation is 1. The number of benzene rings is 1. The highest BCUT2D eigenvalue weighted by molar-refractivity contribution is 6.23. The van der Waals surface area contributed by atoms with Crippen LogP contribution in [0.3, 0.4) is 0 Å². The molecule has 0 saturated carbocycles. The minimum Gasteiger partial charge on any atom is -0.334 e. The lowest BCUT2D eigenvalue weighted by molar-refractivity contribution is 0.193. The molecule has 0 amide bonds. The van der Waals surface area contributed by atoms with E-state index in [4.69, 9.17) is 9.98 Å². The normalized spacial score (nSPS) is 22.7. The third kappa shape index (κ3) is 5.55. The smallest absolute Gasteiger partial charge is 0.0872 e. The number of hydrogen-bond donors (Lipinski definition) is 0. The van der Waals surface area contributed by atoms with Gasteiger partial charge in [-0.2, -0.15) is 0 Å². The van der Waals surface area contributed by atoms with Crippen molar-refractivity contribution in [2.75, 3.05) is 31.1 Å². The van der Waals surface area contributed by atoms with Crippen LogP contribution in [0.25, 0.3) is 0 Å². The summed E-state index contributed by atoms with van der Waals surface area (Å²) in [5.41, 5.74) is 6.76. The first-order chi connectivity index (χ1) is 15.5. The predicted molar refractivity (Wildman–Crippen MR) is 138 cm³/mol. The molecule has 0 aromatic heterocycles. The molecular formula is C28H36N4. The molecule has 0 bridgehead atoms. The zero-order chi connectivity index (χ0) is 22.5.